The number of pyridine rings is 1. The van der Waals surface area contributed by atoms with Crippen LogP contribution in [0.3, 0.4) is 0 Å². The Bertz CT molecular complexity index is 1230. The van der Waals surface area contributed by atoms with Crippen LogP contribution >= 0.6 is 0 Å². The summed E-state index contributed by atoms with van der Waals surface area (Å²) >= 11 is 0. The van der Waals surface area contributed by atoms with Crippen molar-refractivity contribution < 1.29 is 4.74 Å². The first-order valence-corrected chi connectivity index (χ1v) is 9.87. The van der Waals surface area contributed by atoms with E-state index in [0.29, 0.717) is 28.2 Å². The molecule has 4 N–H and O–H groups in total. The maximum absolute atomic E-state index is 12.6. The topological polar surface area (TPSA) is 124 Å². The number of benzene rings is 1. The molecular weight excluding hydrogens is 382 g/mol. The molecule has 30 heavy (non-hydrogen) atoms. The van der Waals surface area contributed by atoms with Crippen LogP contribution in [-0.2, 0) is 0 Å². The minimum Gasteiger partial charge on any atom is -0.439 e. The normalized spacial score (nSPS) is 16.6. The first-order chi connectivity index (χ1) is 14.7. The summed E-state index contributed by atoms with van der Waals surface area (Å²) in [5.74, 6) is 1.43. The number of nitrogens with one attached hydrogen (secondary N) is 2. The van der Waals surface area contributed by atoms with Crippen molar-refractivity contribution in [2.45, 2.75) is 18.9 Å². The minimum absolute atomic E-state index is 0.0876. The molecule has 5 rings (SSSR count). The maximum atomic E-state index is 12.6. The lowest BCUT2D eigenvalue weighted by molar-refractivity contribution is 0.355. The highest BCUT2D eigenvalue weighted by Gasteiger charge is 2.24. The van der Waals surface area contributed by atoms with Crippen molar-refractivity contribution in [1.82, 2.24) is 30.3 Å². The molecule has 1 unspecified atom stereocenters. The summed E-state index contributed by atoms with van der Waals surface area (Å²) in [6.07, 6.45) is 3.65. The van der Waals surface area contributed by atoms with Gasteiger partial charge in [-0.3, -0.25) is 9.48 Å². The lowest BCUT2D eigenvalue weighted by Gasteiger charge is -2.23. The molecule has 0 spiro atoms. The van der Waals surface area contributed by atoms with Crippen LogP contribution in [0.1, 0.15) is 18.9 Å². The predicted octanol–water partition coefficient (Wildman–Crippen LogP) is 2.48. The van der Waals surface area contributed by atoms with Crippen LogP contribution in [0, 0.1) is 0 Å². The second-order valence-corrected chi connectivity index (χ2v) is 7.25. The highest BCUT2D eigenvalue weighted by atomic mass is 16.5. The molecule has 4 heterocycles. The lowest BCUT2D eigenvalue weighted by Crippen LogP contribution is -2.33. The molecule has 1 aliphatic heterocycles. The molecule has 0 saturated carbocycles. The number of hydrogen-bond donors (Lipinski definition) is 3. The molecule has 152 valence electrons. The summed E-state index contributed by atoms with van der Waals surface area (Å²) in [7, 11) is 0. The Morgan fingerprint density at radius 2 is 2.03 bits per heavy atom. The van der Waals surface area contributed by atoms with Crippen molar-refractivity contribution in [3.05, 3.63) is 59.0 Å². The smallest absolute Gasteiger partial charge is 0.290 e. The summed E-state index contributed by atoms with van der Waals surface area (Å²) in [5, 5.41) is 15.2. The zero-order valence-corrected chi connectivity index (χ0v) is 16.2. The summed E-state index contributed by atoms with van der Waals surface area (Å²) in [5.41, 5.74) is 7.78. The molecule has 9 heteroatoms. The van der Waals surface area contributed by atoms with Gasteiger partial charge >= 0.3 is 0 Å². The van der Waals surface area contributed by atoms with Crippen molar-refractivity contribution in [3.63, 3.8) is 0 Å². The van der Waals surface area contributed by atoms with E-state index in [0.717, 1.165) is 31.5 Å². The van der Waals surface area contributed by atoms with E-state index in [9.17, 15) is 4.79 Å². The monoisotopic (exact) mass is 403 g/mol. The van der Waals surface area contributed by atoms with Crippen LogP contribution in [0.5, 0.6) is 11.6 Å². The van der Waals surface area contributed by atoms with E-state index >= 15 is 0 Å². The predicted molar refractivity (Wildman–Crippen MR) is 113 cm³/mol. The number of rotatable bonds is 4. The lowest BCUT2D eigenvalue weighted by atomic mass is 10.1. The first kappa shape index (κ1) is 18.3. The van der Waals surface area contributed by atoms with Gasteiger partial charge in [-0.1, -0.05) is 6.07 Å². The van der Waals surface area contributed by atoms with Crippen LogP contribution in [0.2, 0.25) is 0 Å². The van der Waals surface area contributed by atoms with Crippen LogP contribution in [0.4, 0.5) is 5.82 Å². The van der Waals surface area contributed by atoms with Gasteiger partial charge in [0.1, 0.15) is 17.0 Å². The Balaban J connectivity index is 1.57. The van der Waals surface area contributed by atoms with Crippen molar-refractivity contribution in [2.75, 3.05) is 18.8 Å². The maximum Gasteiger partial charge on any atom is 0.290 e. The van der Waals surface area contributed by atoms with Crippen LogP contribution in [-0.4, -0.2) is 38.1 Å². The number of anilines is 1. The quantitative estimate of drug-likeness (QED) is 0.478. The van der Waals surface area contributed by atoms with E-state index in [1.807, 2.05) is 36.4 Å². The standard InChI is InChI=1S/C21H21N7O2/c22-20-17-18(13-6-8-15(9-7-13)30-16-5-1-2-11-24-16)27-28(14-4-3-10-23-12-14)19(17)21(29)26-25-20/h1-2,5-9,11,14,23H,3-4,10,12H2,(H2,22,25)(H,26,29). The van der Waals surface area contributed by atoms with Gasteiger partial charge in [0.25, 0.3) is 5.56 Å². The summed E-state index contributed by atoms with van der Waals surface area (Å²) in [6, 6.07) is 13.0. The number of nitrogen functional groups attached to an aromatic ring is 1. The fourth-order valence-electron chi connectivity index (χ4n) is 3.83. The number of fused-ring (bicyclic) bond motifs is 1. The second kappa shape index (κ2) is 7.60. The highest BCUT2D eigenvalue weighted by Crippen LogP contribution is 2.33. The van der Waals surface area contributed by atoms with Gasteiger partial charge in [-0.25, -0.2) is 10.1 Å². The third-order valence-corrected chi connectivity index (χ3v) is 5.26. The second-order valence-electron chi connectivity index (χ2n) is 7.25. The van der Waals surface area contributed by atoms with E-state index in [1.165, 1.54) is 0 Å². The molecular formula is C21H21N7O2. The molecule has 3 aromatic heterocycles. The van der Waals surface area contributed by atoms with Crippen LogP contribution in [0.15, 0.2) is 53.5 Å². The van der Waals surface area contributed by atoms with E-state index in [-0.39, 0.29) is 17.4 Å². The Labute approximate surface area is 171 Å². The molecule has 1 aromatic carbocycles. The number of H-pyrrole nitrogens is 1. The molecule has 0 aliphatic carbocycles. The largest absolute Gasteiger partial charge is 0.439 e. The molecule has 1 saturated heterocycles. The van der Waals surface area contributed by atoms with Gasteiger partial charge in [-0.15, -0.1) is 0 Å². The van der Waals surface area contributed by atoms with Gasteiger partial charge in [0, 0.05) is 24.4 Å². The molecule has 1 atom stereocenters. The Hall–Kier alpha value is -3.72. The van der Waals surface area contributed by atoms with E-state index in [1.54, 1.807) is 16.9 Å². The highest BCUT2D eigenvalue weighted by molar-refractivity contribution is 5.99. The summed E-state index contributed by atoms with van der Waals surface area (Å²) < 4.78 is 7.56. The number of hydrogen-bond acceptors (Lipinski definition) is 7. The third-order valence-electron chi connectivity index (χ3n) is 5.26. The summed E-state index contributed by atoms with van der Waals surface area (Å²) in [6.45, 7) is 1.73. The van der Waals surface area contributed by atoms with Gasteiger partial charge in [0.05, 0.1) is 11.4 Å². The number of aromatic nitrogens is 5. The molecule has 1 aliphatic rings. The Kier molecular flexibility index (Phi) is 4.64. The van der Waals surface area contributed by atoms with Gasteiger partial charge in [-0.2, -0.15) is 10.2 Å². The average molecular weight is 403 g/mol. The number of nitrogens with two attached hydrogens (primary N) is 1. The van der Waals surface area contributed by atoms with Gasteiger partial charge in [0.15, 0.2) is 5.82 Å². The number of ether oxygens (including phenoxy) is 1. The minimum atomic E-state index is -0.293. The zero-order valence-electron chi connectivity index (χ0n) is 16.2. The van der Waals surface area contributed by atoms with Crippen molar-refractivity contribution in [3.8, 4) is 22.9 Å². The Morgan fingerprint density at radius 3 is 2.77 bits per heavy atom. The SMILES string of the molecule is Nc1n[nH]c(=O)c2c1c(-c1ccc(Oc3ccccn3)cc1)nn2C1CCCNC1. The average Bonchev–Trinajstić information content (AvgIpc) is 3.20. The fourth-order valence-corrected chi connectivity index (χ4v) is 3.83. The molecule has 4 aromatic rings. The number of nitrogens with zero attached hydrogens (tertiary/aromatic N) is 4. The van der Waals surface area contributed by atoms with Gasteiger partial charge < -0.3 is 15.8 Å². The van der Waals surface area contributed by atoms with E-state index in [4.69, 9.17) is 15.6 Å². The molecule has 9 nitrogen and oxygen atoms in total. The summed E-state index contributed by atoms with van der Waals surface area (Å²) in [4.78, 5) is 16.8. The third kappa shape index (κ3) is 3.29. The van der Waals surface area contributed by atoms with Crippen LogP contribution < -0.4 is 21.3 Å². The molecule has 0 radical (unpaired) electrons. The number of piperidine rings is 1. The van der Waals surface area contributed by atoms with Gasteiger partial charge in [0.2, 0.25) is 5.88 Å². The van der Waals surface area contributed by atoms with Crippen molar-refractivity contribution in [1.29, 1.82) is 0 Å². The van der Waals surface area contributed by atoms with E-state index in [2.05, 4.69) is 20.5 Å². The number of aromatic amines is 1. The molecule has 0 bridgehead atoms. The van der Waals surface area contributed by atoms with E-state index < -0.39 is 0 Å². The first-order valence-electron chi connectivity index (χ1n) is 9.87. The van der Waals surface area contributed by atoms with Crippen molar-refractivity contribution >= 4 is 16.7 Å². The zero-order chi connectivity index (χ0) is 20.5. The molecule has 0 amide bonds. The van der Waals surface area contributed by atoms with Crippen LogP contribution in [0.25, 0.3) is 22.2 Å². The fraction of sp³-hybridized carbons (Fsp3) is 0.238. The van der Waals surface area contributed by atoms with Gasteiger partial charge in [-0.05, 0) is 49.7 Å². The molecule has 1 fully saturated rings. The Morgan fingerprint density at radius 1 is 1.17 bits per heavy atom. The van der Waals surface area contributed by atoms with Crippen molar-refractivity contribution in [2.24, 2.45) is 0 Å².